The molecule has 0 atom stereocenters. The van der Waals surface area contributed by atoms with Crippen LogP contribution in [-0.4, -0.2) is 32.8 Å². The number of thioether (sulfide) groups is 1. The molecule has 2 aromatic rings. The van der Waals surface area contributed by atoms with Gasteiger partial charge in [0.2, 0.25) is 5.91 Å². The monoisotopic (exact) mass is 308 g/mol. The highest BCUT2D eigenvalue weighted by Gasteiger charge is 2.16. The van der Waals surface area contributed by atoms with Crippen molar-refractivity contribution in [2.45, 2.75) is 11.8 Å². The molecule has 0 aromatic carbocycles. The predicted molar refractivity (Wildman–Crippen MR) is 81.8 cm³/mol. The SMILES string of the molecule is CNC(=O)CSc1c(C)cnc2c1c(=O)n(C)c(=O)n2C. The summed E-state index contributed by atoms with van der Waals surface area (Å²) in [6.07, 6.45) is 1.60. The van der Waals surface area contributed by atoms with E-state index in [-0.39, 0.29) is 11.7 Å². The minimum absolute atomic E-state index is 0.133. The molecule has 2 heterocycles. The van der Waals surface area contributed by atoms with Crippen molar-refractivity contribution in [2.75, 3.05) is 12.8 Å². The second-order valence-electron chi connectivity index (χ2n) is 4.64. The largest absolute Gasteiger partial charge is 0.358 e. The second kappa shape index (κ2) is 5.72. The van der Waals surface area contributed by atoms with E-state index in [2.05, 4.69) is 10.3 Å². The minimum atomic E-state index is -0.425. The van der Waals surface area contributed by atoms with Gasteiger partial charge in [0.15, 0.2) is 0 Å². The molecule has 0 aliphatic carbocycles. The first-order valence-electron chi connectivity index (χ1n) is 6.27. The summed E-state index contributed by atoms with van der Waals surface area (Å²) >= 11 is 1.27. The fourth-order valence-corrected chi connectivity index (χ4v) is 3.02. The highest BCUT2D eigenvalue weighted by Crippen LogP contribution is 2.27. The average Bonchev–Trinajstić information content (AvgIpc) is 2.48. The molecule has 0 bridgehead atoms. The predicted octanol–water partition coefficient (Wildman–Crippen LogP) is -0.221. The highest BCUT2D eigenvalue weighted by molar-refractivity contribution is 8.00. The molecule has 0 saturated heterocycles. The zero-order valence-corrected chi connectivity index (χ0v) is 13.1. The second-order valence-corrected chi connectivity index (χ2v) is 5.62. The van der Waals surface area contributed by atoms with Gasteiger partial charge in [0.25, 0.3) is 5.56 Å². The summed E-state index contributed by atoms with van der Waals surface area (Å²) in [5.74, 6) is 0.0635. The van der Waals surface area contributed by atoms with Crippen molar-refractivity contribution < 1.29 is 4.79 Å². The van der Waals surface area contributed by atoms with Crippen LogP contribution in [0.25, 0.3) is 11.0 Å². The van der Waals surface area contributed by atoms with E-state index in [1.165, 1.54) is 23.4 Å². The van der Waals surface area contributed by atoms with Crippen LogP contribution >= 0.6 is 11.8 Å². The zero-order valence-electron chi connectivity index (χ0n) is 12.3. The van der Waals surface area contributed by atoms with Crippen LogP contribution in [0.2, 0.25) is 0 Å². The Labute approximate surface area is 125 Å². The van der Waals surface area contributed by atoms with E-state index in [9.17, 15) is 14.4 Å². The van der Waals surface area contributed by atoms with E-state index in [1.807, 2.05) is 6.92 Å². The van der Waals surface area contributed by atoms with E-state index in [0.29, 0.717) is 15.9 Å². The average molecular weight is 308 g/mol. The number of nitrogens with zero attached hydrogens (tertiary/aromatic N) is 3. The van der Waals surface area contributed by atoms with Crippen molar-refractivity contribution in [1.82, 2.24) is 19.4 Å². The van der Waals surface area contributed by atoms with Gasteiger partial charge in [-0.2, -0.15) is 0 Å². The first-order chi connectivity index (χ1) is 9.88. The molecule has 2 rings (SSSR count). The molecule has 0 aliphatic rings. The third-order valence-corrected chi connectivity index (χ3v) is 4.45. The molecular formula is C13H16N4O3S. The standard InChI is InChI=1S/C13H16N4O3S/c1-7-5-15-11-9(10(7)21-6-8(18)14-2)12(19)17(4)13(20)16(11)3/h5H,6H2,1-4H3,(H,14,18). The number of carbonyl (C=O) groups excluding carboxylic acids is 1. The Bertz CT molecular complexity index is 838. The third kappa shape index (κ3) is 2.58. The Morgan fingerprint density at radius 3 is 2.62 bits per heavy atom. The van der Waals surface area contributed by atoms with E-state index < -0.39 is 11.2 Å². The van der Waals surface area contributed by atoms with Gasteiger partial charge in [-0.3, -0.25) is 18.7 Å². The molecular weight excluding hydrogens is 292 g/mol. The Hall–Kier alpha value is -2.09. The molecule has 0 saturated carbocycles. The summed E-state index contributed by atoms with van der Waals surface area (Å²) in [6.45, 7) is 1.82. The molecule has 21 heavy (non-hydrogen) atoms. The van der Waals surface area contributed by atoms with Crippen LogP contribution in [0.1, 0.15) is 5.56 Å². The van der Waals surface area contributed by atoms with Crippen molar-refractivity contribution in [2.24, 2.45) is 14.1 Å². The van der Waals surface area contributed by atoms with Gasteiger partial charge in [-0.15, -0.1) is 11.8 Å². The van der Waals surface area contributed by atoms with Crippen LogP contribution in [0.15, 0.2) is 20.7 Å². The maximum atomic E-state index is 12.4. The molecule has 0 radical (unpaired) electrons. The molecule has 1 N–H and O–H groups in total. The molecule has 7 nitrogen and oxygen atoms in total. The van der Waals surface area contributed by atoms with E-state index in [0.717, 1.165) is 10.1 Å². The van der Waals surface area contributed by atoms with Gasteiger partial charge in [0.1, 0.15) is 5.65 Å². The molecule has 0 fully saturated rings. The Morgan fingerprint density at radius 2 is 2.00 bits per heavy atom. The zero-order chi connectivity index (χ0) is 15.7. The normalized spacial score (nSPS) is 10.9. The molecule has 0 unspecified atom stereocenters. The van der Waals surface area contributed by atoms with Crippen LogP contribution in [-0.2, 0) is 18.9 Å². The van der Waals surface area contributed by atoms with Gasteiger partial charge in [-0.05, 0) is 12.5 Å². The number of nitrogens with one attached hydrogen (secondary N) is 1. The first kappa shape index (κ1) is 15.3. The number of pyridine rings is 1. The van der Waals surface area contributed by atoms with Crippen molar-refractivity contribution >= 4 is 28.7 Å². The number of fused-ring (bicyclic) bond motifs is 1. The molecule has 1 amide bonds. The number of rotatable bonds is 3. The lowest BCUT2D eigenvalue weighted by Gasteiger charge is -2.12. The number of aryl methyl sites for hydroxylation is 2. The first-order valence-corrected chi connectivity index (χ1v) is 7.25. The van der Waals surface area contributed by atoms with Crippen LogP contribution in [0.5, 0.6) is 0 Å². The summed E-state index contributed by atoms with van der Waals surface area (Å²) in [7, 11) is 4.56. The van der Waals surface area contributed by atoms with Crippen molar-refractivity contribution in [3.8, 4) is 0 Å². The lowest BCUT2D eigenvalue weighted by molar-refractivity contribution is -0.118. The number of carbonyl (C=O) groups is 1. The van der Waals surface area contributed by atoms with Crippen molar-refractivity contribution in [3.05, 3.63) is 32.6 Å². The van der Waals surface area contributed by atoms with Gasteiger partial charge >= 0.3 is 5.69 Å². The smallest absolute Gasteiger partial charge is 0.332 e. The molecule has 8 heteroatoms. The maximum Gasteiger partial charge on any atom is 0.332 e. The summed E-state index contributed by atoms with van der Waals surface area (Å²) in [6, 6.07) is 0. The molecule has 2 aromatic heterocycles. The fraction of sp³-hybridized carbons (Fsp3) is 0.385. The maximum absolute atomic E-state index is 12.4. The van der Waals surface area contributed by atoms with Gasteiger partial charge in [-0.25, -0.2) is 9.78 Å². The van der Waals surface area contributed by atoms with E-state index in [1.54, 1.807) is 20.3 Å². The molecule has 0 aliphatic heterocycles. The summed E-state index contributed by atoms with van der Waals surface area (Å²) in [4.78, 5) is 40.6. The van der Waals surface area contributed by atoms with E-state index in [4.69, 9.17) is 0 Å². The lowest BCUT2D eigenvalue weighted by atomic mass is 10.2. The number of amides is 1. The summed E-state index contributed by atoms with van der Waals surface area (Å²) in [5, 5.41) is 2.90. The lowest BCUT2D eigenvalue weighted by Crippen LogP contribution is -2.37. The van der Waals surface area contributed by atoms with Crippen LogP contribution in [0.4, 0.5) is 0 Å². The Kier molecular flexibility index (Phi) is 4.17. The van der Waals surface area contributed by atoms with Crippen molar-refractivity contribution in [1.29, 1.82) is 0 Å². The van der Waals surface area contributed by atoms with Crippen LogP contribution < -0.4 is 16.6 Å². The van der Waals surface area contributed by atoms with Crippen molar-refractivity contribution in [3.63, 3.8) is 0 Å². The number of hydrogen-bond donors (Lipinski definition) is 1. The summed E-state index contributed by atoms with van der Waals surface area (Å²) in [5.41, 5.74) is 0.301. The summed E-state index contributed by atoms with van der Waals surface area (Å²) < 4.78 is 2.38. The third-order valence-electron chi connectivity index (χ3n) is 3.23. The Morgan fingerprint density at radius 1 is 1.33 bits per heavy atom. The van der Waals surface area contributed by atoms with Gasteiger partial charge in [0.05, 0.1) is 11.1 Å². The Balaban J connectivity index is 2.75. The van der Waals surface area contributed by atoms with Crippen LogP contribution in [0.3, 0.4) is 0 Å². The minimum Gasteiger partial charge on any atom is -0.358 e. The number of aromatic nitrogens is 3. The van der Waals surface area contributed by atoms with Gasteiger partial charge in [-0.1, -0.05) is 0 Å². The quantitative estimate of drug-likeness (QED) is 0.792. The van der Waals surface area contributed by atoms with Gasteiger partial charge in [0, 0.05) is 32.2 Å². The molecule has 0 spiro atoms. The number of hydrogen-bond acceptors (Lipinski definition) is 5. The topological polar surface area (TPSA) is 86.0 Å². The highest BCUT2D eigenvalue weighted by atomic mass is 32.2. The van der Waals surface area contributed by atoms with E-state index >= 15 is 0 Å². The van der Waals surface area contributed by atoms with Gasteiger partial charge < -0.3 is 5.32 Å². The van der Waals surface area contributed by atoms with Crippen LogP contribution in [0, 0.1) is 6.92 Å². The fourth-order valence-electron chi connectivity index (χ4n) is 1.99. The molecule has 112 valence electrons.